The van der Waals surface area contributed by atoms with Gasteiger partial charge in [-0.1, -0.05) is 133 Å². The predicted octanol–water partition coefficient (Wildman–Crippen LogP) is 13.4. The van der Waals surface area contributed by atoms with E-state index in [1.54, 1.807) is 0 Å². The lowest BCUT2D eigenvalue weighted by atomic mass is 9.63. The number of aromatic nitrogens is 4. The van der Waals surface area contributed by atoms with Crippen LogP contribution in [0.2, 0.25) is 0 Å². The number of hydrogen-bond donors (Lipinski definition) is 0. The van der Waals surface area contributed by atoms with Crippen LogP contribution >= 0.6 is 11.3 Å². The lowest BCUT2D eigenvalue weighted by Crippen LogP contribution is -2.31. The standard InChI is InChI=1S/C53H32N4S/c1-3-17-33(18-4-1)53(34-19-5-2-6-20-34)39-24-10-7-21-35(39)38-31-43-47(36-22-8-11-25-41(36)56(43)45-27-13-15-29-54-45)51-49(38)50-40(53)32-44-48(52(50)58-51)37-23-9-12-26-42(37)57(44)46-28-14-16-30-55-46/h1-32H. The number of nitrogens with zero attached hydrogens (tertiary/aromatic N) is 4. The summed E-state index contributed by atoms with van der Waals surface area (Å²) < 4.78 is 7.33. The molecule has 0 unspecified atom stereocenters. The van der Waals surface area contributed by atoms with Crippen molar-refractivity contribution in [1.82, 2.24) is 19.1 Å². The minimum absolute atomic E-state index is 0.674. The van der Waals surface area contributed by atoms with Gasteiger partial charge in [0.25, 0.3) is 0 Å². The van der Waals surface area contributed by atoms with Gasteiger partial charge in [0.2, 0.25) is 0 Å². The van der Waals surface area contributed by atoms with Crippen molar-refractivity contribution in [2.75, 3.05) is 0 Å². The molecule has 7 aromatic carbocycles. The van der Waals surface area contributed by atoms with Gasteiger partial charge < -0.3 is 0 Å². The van der Waals surface area contributed by atoms with E-state index in [1.165, 1.54) is 75.1 Å². The third-order valence-electron chi connectivity index (χ3n) is 12.5. The molecule has 4 nitrogen and oxygen atoms in total. The molecule has 13 rings (SSSR count). The van der Waals surface area contributed by atoms with E-state index in [1.807, 2.05) is 35.9 Å². The lowest BCUT2D eigenvalue weighted by Gasteiger charge is -2.38. The van der Waals surface area contributed by atoms with Crippen molar-refractivity contribution in [3.8, 4) is 22.8 Å². The Labute approximate surface area is 337 Å². The summed E-state index contributed by atoms with van der Waals surface area (Å²) in [5.74, 6) is 1.81. The molecule has 0 N–H and O–H groups in total. The van der Waals surface area contributed by atoms with Crippen LogP contribution in [0.1, 0.15) is 22.3 Å². The molecule has 0 saturated heterocycles. The highest BCUT2D eigenvalue weighted by Crippen LogP contribution is 2.60. The number of thiophene rings is 1. The van der Waals surface area contributed by atoms with Gasteiger partial charge in [-0.15, -0.1) is 11.3 Å². The van der Waals surface area contributed by atoms with Crippen LogP contribution in [0.3, 0.4) is 0 Å². The van der Waals surface area contributed by atoms with Gasteiger partial charge in [-0.25, -0.2) is 9.97 Å². The van der Waals surface area contributed by atoms with Gasteiger partial charge in [0.1, 0.15) is 11.6 Å². The topological polar surface area (TPSA) is 35.6 Å². The Kier molecular flexibility index (Phi) is 6.49. The summed E-state index contributed by atoms with van der Waals surface area (Å²) in [6, 6.07) is 66.6. The zero-order valence-corrected chi connectivity index (χ0v) is 32.0. The van der Waals surface area contributed by atoms with Crippen molar-refractivity contribution in [2.24, 2.45) is 0 Å². The first-order valence-electron chi connectivity index (χ1n) is 19.7. The molecule has 0 amide bonds. The molecule has 0 saturated carbocycles. The van der Waals surface area contributed by atoms with Crippen molar-refractivity contribution in [3.05, 3.63) is 217 Å². The molecule has 0 radical (unpaired) electrons. The average molecular weight is 757 g/mol. The quantitative estimate of drug-likeness (QED) is 0.179. The number of rotatable bonds is 4. The Morgan fingerprint density at radius 3 is 1.47 bits per heavy atom. The summed E-state index contributed by atoms with van der Waals surface area (Å²) in [6.07, 6.45) is 3.80. The van der Waals surface area contributed by atoms with Crippen LogP contribution < -0.4 is 0 Å². The lowest BCUT2D eigenvalue weighted by molar-refractivity contribution is 0.757. The second-order valence-electron chi connectivity index (χ2n) is 15.3. The fourth-order valence-corrected chi connectivity index (χ4v) is 11.8. The molecule has 5 heteroatoms. The molecule has 5 aromatic heterocycles. The summed E-state index contributed by atoms with van der Waals surface area (Å²) in [5, 5.41) is 7.59. The Bertz CT molecular complexity index is 3560. The maximum Gasteiger partial charge on any atom is 0.137 e. The Morgan fingerprint density at radius 1 is 0.379 bits per heavy atom. The molecule has 270 valence electrons. The monoisotopic (exact) mass is 756 g/mol. The summed E-state index contributed by atoms with van der Waals surface area (Å²) in [7, 11) is 0. The second kappa shape index (κ2) is 11.8. The van der Waals surface area contributed by atoms with Crippen molar-refractivity contribution in [1.29, 1.82) is 0 Å². The number of pyridine rings is 2. The molecular weight excluding hydrogens is 725 g/mol. The van der Waals surface area contributed by atoms with Crippen molar-refractivity contribution in [3.63, 3.8) is 0 Å². The first-order valence-corrected chi connectivity index (χ1v) is 20.6. The zero-order chi connectivity index (χ0) is 38.0. The summed E-state index contributed by atoms with van der Waals surface area (Å²) in [5.41, 5.74) is 11.4. The van der Waals surface area contributed by atoms with E-state index >= 15 is 0 Å². The molecule has 0 aliphatic heterocycles. The van der Waals surface area contributed by atoms with Gasteiger partial charge in [-0.05, 0) is 81.9 Å². The Morgan fingerprint density at radius 2 is 0.879 bits per heavy atom. The van der Waals surface area contributed by atoms with Crippen molar-refractivity contribution >= 4 is 75.1 Å². The van der Waals surface area contributed by atoms with Crippen LogP contribution in [0.15, 0.2) is 194 Å². The van der Waals surface area contributed by atoms with Crippen LogP contribution in [0.25, 0.3) is 86.5 Å². The largest absolute Gasteiger partial charge is 0.294 e. The highest BCUT2D eigenvalue weighted by atomic mass is 32.1. The molecule has 12 aromatic rings. The fourth-order valence-electron chi connectivity index (χ4n) is 10.3. The van der Waals surface area contributed by atoms with Crippen molar-refractivity contribution in [2.45, 2.75) is 5.41 Å². The van der Waals surface area contributed by atoms with Gasteiger partial charge >= 0.3 is 0 Å². The molecule has 58 heavy (non-hydrogen) atoms. The van der Waals surface area contributed by atoms with E-state index < -0.39 is 5.41 Å². The maximum absolute atomic E-state index is 4.98. The molecule has 0 bridgehead atoms. The normalized spacial score (nSPS) is 13.3. The smallest absolute Gasteiger partial charge is 0.137 e. The summed E-state index contributed by atoms with van der Waals surface area (Å²) in [6.45, 7) is 0. The van der Waals surface area contributed by atoms with E-state index in [4.69, 9.17) is 9.97 Å². The van der Waals surface area contributed by atoms with Crippen LogP contribution in [0.5, 0.6) is 0 Å². The molecule has 1 aliphatic rings. The van der Waals surface area contributed by atoms with Gasteiger partial charge in [0, 0.05) is 54.1 Å². The van der Waals surface area contributed by atoms with Crippen molar-refractivity contribution < 1.29 is 0 Å². The first-order chi connectivity index (χ1) is 28.8. The minimum atomic E-state index is -0.674. The molecule has 5 heterocycles. The average Bonchev–Trinajstić information content (AvgIpc) is 3.94. The second-order valence-corrected chi connectivity index (χ2v) is 16.3. The van der Waals surface area contributed by atoms with Gasteiger partial charge in [-0.3, -0.25) is 9.13 Å². The highest BCUT2D eigenvalue weighted by molar-refractivity contribution is 7.28. The van der Waals surface area contributed by atoms with Crippen LogP contribution in [0, 0.1) is 0 Å². The first kappa shape index (κ1) is 31.8. The number of para-hydroxylation sites is 2. The van der Waals surface area contributed by atoms with E-state index in [9.17, 15) is 0 Å². The zero-order valence-electron chi connectivity index (χ0n) is 31.2. The van der Waals surface area contributed by atoms with Gasteiger partial charge in [-0.2, -0.15) is 0 Å². The third kappa shape index (κ3) is 4.03. The van der Waals surface area contributed by atoms with Gasteiger partial charge in [0.15, 0.2) is 0 Å². The molecule has 0 fully saturated rings. The van der Waals surface area contributed by atoms with E-state index in [0.717, 1.165) is 33.7 Å². The Balaban J connectivity index is 1.36. The van der Waals surface area contributed by atoms with Crippen LogP contribution in [0.4, 0.5) is 0 Å². The Hall–Kier alpha value is -7.34. The number of hydrogen-bond acceptors (Lipinski definition) is 3. The van der Waals surface area contributed by atoms with E-state index in [0.29, 0.717) is 0 Å². The molecule has 1 aliphatic carbocycles. The maximum atomic E-state index is 4.98. The summed E-state index contributed by atoms with van der Waals surface area (Å²) >= 11 is 1.94. The molecular formula is C53H32N4S. The third-order valence-corrected chi connectivity index (χ3v) is 13.7. The minimum Gasteiger partial charge on any atom is -0.294 e. The number of benzene rings is 7. The highest BCUT2D eigenvalue weighted by Gasteiger charge is 2.45. The van der Waals surface area contributed by atoms with Crippen LogP contribution in [-0.2, 0) is 5.41 Å². The SMILES string of the molecule is c1ccc(C2(c3ccccc3)c3ccccc3-c3cc4c(c5ccccc5n4-c4ccccn4)c4sc5c(c2cc2c5c5ccccc5n2-c2ccccn2)c34)cc1. The van der Waals surface area contributed by atoms with Gasteiger partial charge in [0.05, 0.1) is 27.5 Å². The van der Waals surface area contributed by atoms with E-state index in [-0.39, 0.29) is 0 Å². The van der Waals surface area contributed by atoms with Crippen LogP contribution in [-0.4, -0.2) is 19.1 Å². The fraction of sp³-hybridized carbons (Fsp3) is 0.0189. The molecule has 0 spiro atoms. The summed E-state index contributed by atoms with van der Waals surface area (Å²) in [4.78, 5) is 9.92. The number of fused-ring (bicyclic) bond motifs is 10. The molecule has 0 atom stereocenters. The van der Waals surface area contributed by atoms with E-state index in [2.05, 4.69) is 179 Å². The predicted molar refractivity (Wildman–Crippen MR) is 241 cm³/mol.